The fourth-order valence-corrected chi connectivity index (χ4v) is 3.11. The molecular formula is C21H20N4. The van der Waals surface area contributed by atoms with E-state index in [4.69, 9.17) is 0 Å². The van der Waals surface area contributed by atoms with Crippen LogP contribution in [-0.2, 0) is 0 Å². The largest absolute Gasteiger partial charge is 0.379 e. The zero-order chi connectivity index (χ0) is 17.2. The van der Waals surface area contributed by atoms with Gasteiger partial charge in [0.2, 0.25) is 0 Å². The first-order chi connectivity index (χ1) is 12.2. The molecule has 4 rings (SSSR count). The number of nitrogens with zero attached hydrogens (tertiary/aromatic N) is 3. The highest BCUT2D eigenvalue weighted by atomic mass is 15.0. The first-order valence-electron chi connectivity index (χ1n) is 8.42. The first-order valence-corrected chi connectivity index (χ1v) is 8.42. The third-order valence-corrected chi connectivity index (χ3v) is 4.46. The summed E-state index contributed by atoms with van der Waals surface area (Å²) in [6.07, 6.45) is 7.81. The lowest BCUT2D eigenvalue weighted by atomic mass is 10.0. The van der Waals surface area contributed by atoms with Gasteiger partial charge in [-0.2, -0.15) is 0 Å². The summed E-state index contributed by atoms with van der Waals surface area (Å²) in [5, 5.41) is 3.55. The average Bonchev–Trinajstić information content (AvgIpc) is 3.07. The van der Waals surface area contributed by atoms with Gasteiger partial charge < -0.3 is 9.72 Å². The number of anilines is 1. The number of aryl methyl sites for hydroxylation is 1. The number of aromatic nitrogens is 3. The van der Waals surface area contributed by atoms with Crippen LogP contribution in [0, 0.1) is 6.92 Å². The zero-order valence-electron chi connectivity index (χ0n) is 14.3. The van der Waals surface area contributed by atoms with Crippen LogP contribution in [0.25, 0.3) is 16.9 Å². The van der Waals surface area contributed by atoms with Crippen LogP contribution in [0.4, 0.5) is 5.69 Å². The summed E-state index contributed by atoms with van der Waals surface area (Å²) in [6, 6.07) is 16.7. The molecule has 3 heterocycles. The van der Waals surface area contributed by atoms with E-state index in [1.165, 1.54) is 11.1 Å². The van der Waals surface area contributed by atoms with Gasteiger partial charge in [-0.05, 0) is 55.3 Å². The van der Waals surface area contributed by atoms with Crippen molar-refractivity contribution in [3.63, 3.8) is 0 Å². The van der Waals surface area contributed by atoms with Gasteiger partial charge >= 0.3 is 0 Å². The number of benzene rings is 1. The van der Waals surface area contributed by atoms with E-state index in [1.807, 2.05) is 41.2 Å². The van der Waals surface area contributed by atoms with Crippen molar-refractivity contribution < 1.29 is 0 Å². The van der Waals surface area contributed by atoms with Crippen molar-refractivity contribution in [3.8, 4) is 11.3 Å². The molecule has 0 radical (unpaired) electrons. The Kier molecular flexibility index (Phi) is 3.94. The second kappa shape index (κ2) is 6.40. The van der Waals surface area contributed by atoms with E-state index in [2.05, 4.69) is 65.7 Å². The molecule has 4 heteroatoms. The smallest absolute Gasteiger partial charge is 0.137 e. The first kappa shape index (κ1) is 15.4. The third kappa shape index (κ3) is 3.11. The summed E-state index contributed by atoms with van der Waals surface area (Å²) in [6.45, 7) is 4.26. The maximum Gasteiger partial charge on any atom is 0.137 e. The quantitative estimate of drug-likeness (QED) is 0.580. The fourth-order valence-electron chi connectivity index (χ4n) is 3.11. The lowest BCUT2D eigenvalue weighted by Crippen LogP contribution is -2.08. The molecule has 4 nitrogen and oxygen atoms in total. The molecule has 0 aliphatic rings. The molecule has 25 heavy (non-hydrogen) atoms. The van der Waals surface area contributed by atoms with E-state index >= 15 is 0 Å². The van der Waals surface area contributed by atoms with Gasteiger partial charge in [-0.15, -0.1) is 0 Å². The number of imidazole rings is 1. The molecule has 0 saturated carbocycles. The van der Waals surface area contributed by atoms with E-state index in [0.29, 0.717) is 0 Å². The van der Waals surface area contributed by atoms with E-state index in [1.54, 1.807) is 0 Å². The van der Waals surface area contributed by atoms with E-state index in [9.17, 15) is 0 Å². The summed E-state index contributed by atoms with van der Waals surface area (Å²) in [5.74, 6) is 0. The van der Waals surface area contributed by atoms with Crippen LogP contribution in [0.3, 0.4) is 0 Å². The number of pyridine rings is 2. The Labute approximate surface area is 147 Å². The Bertz CT molecular complexity index is 969. The van der Waals surface area contributed by atoms with Crippen LogP contribution in [0.5, 0.6) is 0 Å². The van der Waals surface area contributed by atoms with Crippen LogP contribution in [0.1, 0.15) is 24.1 Å². The van der Waals surface area contributed by atoms with Crippen molar-refractivity contribution in [2.45, 2.75) is 19.9 Å². The van der Waals surface area contributed by atoms with Gasteiger partial charge in [0, 0.05) is 42.1 Å². The number of hydrogen-bond acceptors (Lipinski definition) is 3. The van der Waals surface area contributed by atoms with E-state index in [0.717, 1.165) is 22.6 Å². The minimum atomic E-state index is 0.226. The fraction of sp³-hybridized carbons (Fsp3) is 0.143. The van der Waals surface area contributed by atoms with Gasteiger partial charge in [0.05, 0.1) is 5.69 Å². The number of hydrogen-bond donors (Lipinski definition) is 1. The third-order valence-electron chi connectivity index (χ3n) is 4.46. The topological polar surface area (TPSA) is 42.2 Å². The van der Waals surface area contributed by atoms with Crippen molar-refractivity contribution in [3.05, 3.63) is 84.4 Å². The molecule has 4 aromatic rings. The zero-order valence-corrected chi connectivity index (χ0v) is 14.3. The molecule has 0 bridgehead atoms. The van der Waals surface area contributed by atoms with Gasteiger partial charge in [-0.1, -0.05) is 18.2 Å². The predicted molar refractivity (Wildman–Crippen MR) is 102 cm³/mol. The second-order valence-corrected chi connectivity index (χ2v) is 6.27. The molecule has 1 atom stereocenters. The Balaban J connectivity index is 1.55. The summed E-state index contributed by atoms with van der Waals surface area (Å²) in [5.41, 5.74) is 6.61. The second-order valence-electron chi connectivity index (χ2n) is 6.27. The Morgan fingerprint density at radius 1 is 1.04 bits per heavy atom. The van der Waals surface area contributed by atoms with Crippen LogP contribution in [-0.4, -0.2) is 14.4 Å². The molecule has 0 amide bonds. The maximum atomic E-state index is 4.67. The van der Waals surface area contributed by atoms with Crippen LogP contribution < -0.4 is 5.32 Å². The van der Waals surface area contributed by atoms with Crippen LogP contribution in [0.2, 0.25) is 0 Å². The Morgan fingerprint density at radius 3 is 2.64 bits per heavy atom. The summed E-state index contributed by atoms with van der Waals surface area (Å²) in [7, 11) is 0. The molecule has 0 aliphatic carbocycles. The highest BCUT2D eigenvalue weighted by molar-refractivity contribution is 5.65. The summed E-state index contributed by atoms with van der Waals surface area (Å²) < 4.78 is 2.04. The molecule has 1 N–H and O–H groups in total. The molecule has 124 valence electrons. The van der Waals surface area contributed by atoms with E-state index in [-0.39, 0.29) is 6.04 Å². The monoisotopic (exact) mass is 328 g/mol. The number of fused-ring (bicyclic) bond motifs is 1. The molecular weight excluding hydrogens is 308 g/mol. The van der Waals surface area contributed by atoms with Gasteiger partial charge in [-0.3, -0.25) is 4.98 Å². The van der Waals surface area contributed by atoms with Crippen molar-refractivity contribution in [2.75, 3.05) is 5.32 Å². The lowest BCUT2D eigenvalue weighted by molar-refractivity contribution is 0.869. The SMILES string of the molecule is Cc1cnccc1C(C)Nc1ccc(-c2cn3ccccc3n2)cc1. The molecule has 3 aromatic heterocycles. The normalized spacial score (nSPS) is 12.2. The number of nitrogens with one attached hydrogen (secondary N) is 1. The average molecular weight is 328 g/mol. The highest BCUT2D eigenvalue weighted by Crippen LogP contribution is 2.25. The minimum Gasteiger partial charge on any atom is -0.379 e. The van der Waals surface area contributed by atoms with E-state index < -0.39 is 0 Å². The van der Waals surface area contributed by atoms with Crippen molar-refractivity contribution in [2.24, 2.45) is 0 Å². The van der Waals surface area contributed by atoms with Gasteiger partial charge in [0.15, 0.2) is 0 Å². The maximum absolute atomic E-state index is 4.67. The molecule has 0 fully saturated rings. The minimum absolute atomic E-state index is 0.226. The molecule has 0 spiro atoms. The molecule has 0 aliphatic heterocycles. The standard InChI is InChI=1S/C21H20N4/c1-15-13-22-11-10-19(15)16(2)23-18-8-6-17(7-9-18)20-14-25-12-4-3-5-21(25)24-20/h3-14,16,23H,1-2H3. The van der Waals surface area contributed by atoms with Gasteiger partial charge in [-0.25, -0.2) is 4.98 Å². The lowest BCUT2D eigenvalue weighted by Gasteiger charge is -2.17. The Morgan fingerprint density at radius 2 is 1.88 bits per heavy atom. The predicted octanol–water partition coefficient (Wildman–Crippen LogP) is 4.88. The number of rotatable bonds is 4. The van der Waals surface area contributed by atoms with Gasteiger partial charge in [0.25, 0.3) is 0 Å². The van der Waals surface area contributed by atoms with Crippen molar-refractivity contribution in [1.82, 2.24) is 14.4 Å². The molecule has 1 aromatic carbocycles. The summed E-state index contributed by atoms with van der Waals surface area (Å²) >= 11 is 0. The van der Waals surface area contributed by atoms with Crippen molar-refractivity contribution in [1.29, 1.82) is 0 Å². The van der Waals surface area contributed by atoms with Crippen molar-refractivity contribution >= 4 is 11.3 Å². The van der Waals surface area contributed by atoms with Crippen LogP contribution >= 0.6 is 0 Å². The molecule has 1 unspecified atom stereocenters. The summed E-state index contributed by atoms with van der Waals surface area (Å²) in [4.78, 5) is 8.83. The highest BCUT2D eigenvalue weighted by Gasteiger charge is 2.09. The van der Waals surface area contributed by atoms with Gasteiger partial charge in [0.1, 0.15) is 5.65 Å². The Hall–Kier alpha value is -3.14. The van der Waals surface area contributed by atoms with Crippen LogP contribution in [0.15, 0.2) is 73.3 Å². The molecule has 0 saturated heterocycles.